The fourth-order valence-corrected chi connectivity index (χ4v) is 3.85. The average Bonchev–Trinajstić information content (AvgIpc) is 3.34. The fraction of sp³-hybridized carbons (Fsp3) is 0.565. The van der Waals surface area contributed by atoms with Gasteiger partial charge >= 0.3 is 0 Å². The lowest BCUT2D eigenvalue weighted by Gasteiger charge is -2.11. The quantitative estimate of drug-likeness (QED) is 0.683. The van der Waals surface area contributed by atoms with Crippen LogP contribution in [0, 0.1) is 0 Å². The van der Waals surface area contributed by atoms with E-state index in [1.54, 1.807) is 13.2 Å². The lowest BCUT2D eigenvalue weighted by Crippen LogP contribution is -2.22. The molecule has 1 saturated heterocycles. The minimum Gasteiger partial charge on any atom is -0.385 e. The zero-order valence-corrected chi connectivity index (χ0v) is 18.7. The molecule has 2 heterocycles. The summed E-state index contributed by atoms with van der Waals surface area (Å²) in [5.74, 6) is 0.666. The first-order chi connectivity index (χ1) is 14.2. The predicted molar refractivity (Wildman–Crippen MR) is 122 cm³/mol. The van der Waals surface area contributed by atoms with Crippen molar-refractivity contribution in [1.82, 2.24) is 9.78 Å². The minimum absolute atomic E-state index is 0.160. The first kappa shape index (κ1) is 23.4. The van der Waals surface area contributed by atoms with Crippen LogP contribution in [0.2, 0.25) is 5.02 Å². The molecule has 0 radical (unpaired) electrons. The molecule has 2 aromatic rings. The Morgan fingerprint density at radius 1 is 1.03 bits per heavy atom. The topological polar surface area (TPSA) is 56.1 Å². The summed E-state index contributed by atoms with van der Waals surface area (Å²) in [7, 11) is 1.71. The van der Waals surface area contributed by atoms with E-state index in [0.29, 0.717) is 11.6 Å². The molecule has 160 valence electrons. The number of anilines is 1. The van der Waals surface area contributed by atoms with Crippen LogP contribution < -0.4 is 10.9 Å². The van der Waals surface area contributed by atoms with Crippen LogP contribution in [0.1, 0.15) is 70.3 Å². The minimum atomic E-state index is -0.308. The Bertz CT molecular complexity index is 768. The molecular formula is C23H34ClN3O2. The van der Waals surface area contributed by atoms with Crippen molar-refractivity contribution in [3.63, 3.8) is 0 Å². The molecule has 0 amide bonds. The molecule has 0 spiro atoms. The van der Waals surface area contributed by atoms with Gasteiger partial charge in [0.2, 0.25) is 0 Å². The van der Waals surface area contributed by atoms with E-state index < -0.39 is 0 Å². The monoisotopic (exact) mass is 419 g/mol. The Hall–Kier alpha value is -1.85. The predicted octanol–water partition coefficient (Wildman–Crippen LogP) is 5.80. The second-order valence-corrected chi connectivity index (χ2v) is 7.46. The van der Waals surface area contributed by atoms with Gasteiger partial charge in [-0.1, -0.05) is 50.4 Å². The molecule has 1 aliphatic carbocycles. The maximum Gasteiger partial charge on any atom is 0.292 e. The van der Waals surface area contributed by atoms with Gasteiger partial charge in [0.15, 0.2) is 0 Å². The molecule has 29 heavy (non-hydrogen) atoms. The summed E-state index contributed by atoms with van der Waals surface area (Å²) in [5, 5.41) is 7.18. The van der Waals surface area contributed by atoms with E-state index in [-0.39, 0.29) is 10.6 Å². The normalized spacial score (nSPS) is 16.3. The van der Waals surface area contributed by atoms with Crippen LogP contribution in [0.25, 0.3) is 5.69 Å². The molecule has 1 aromatic heterocycles. The highest BCUT2D eigenvalue weighted by molar-refractivity contribution is 6.32. The van der Waals surface area contributed by atoms with Crippen LogP contribution in [0.15, 0.2) is 35.3 Å². The highest BCUT2D eigenvalue weighted by Crippen LogP contribution is 2.34. The molecule has 0 bridgehead atoms. The zero-order chi connectivity index (χ0) is 21.1. The van der Waals surface area contributed by atoms with Gasteiger partial charge in [-0.3, -0.25) is 4.79 Å². The van der Waals surface area contributed by atoms with E-state index in [0.717, 1.165) is 18.9 Å². The number of hydrogen-bond donors (Lipinski definition) is 1. The largest absolute Gasteiger partial charge is 0.385 e. The molecule has 1 N–H and O–H groups in total. The number of nitrogens with zero attached hydrogens (tertiary/aromatic N) is 2. The number of benzene rings is 1. The van der Waals surface area contributed by atoms with Crippen LogP contribution in [-0.4, -0.2) is 30.0 Å². The van der Waals surface area contributed by atoms with E-state index in [9.17, 15) is 4.79 Å². The molecule has 6 heteroatoms. The zero-order valence-electron chi connectivity index (χ0n) is 17.9. The third-order valence-corrected chi connectivity index (χ3v) is 5.60. The number of nitrogens with one attached hydrogen (secondary N) is 1. The summed E-state index contributed by atoms with van der Waals surface area (Å²) < 4.78 is 6.40. The van der Waals surface area contributed by atoms with Crippen molar-refractivity contribution in [2.24, 2.45) is 0 Å². The highest BCUT2D eigenvalue weighted by atomic mass is 35.5. The summed E-state index contributed by atoms with van der Waals surface area (Å²) in [6.07, 6.45) is 10.7. The van der Waals surface area contributed by atoms with Crippen molar-refractivity contribution in [2.75, 3.05) is 25.6 Å². The number of halogens is 1. The van der Waals surface area contributed by atoms with Crippen molar-refractivity contribution in [1.29, 1.82) is 0 Å². The number of hydrogen-bond acceptors (Lipinski definition) is 4. The van der Waals surface area contributed by atoms with Gasteiger partial charge in [0.25, 0.3) is 5.56 Å². The fourth-order valence-electron chi connectivity index (χ4n) is 3.62. The summed E-state index contributed by atoms with van der Waals surface area (Å²) in [4.78, 5) is 12.2. The number of rotatable bonds is 3. The van der Waals surface area contributed by atoms with E-state index in [1.807, 2.05) is 26.0 Å². The standard InChI is InChI=1S/C16H18ClN3O.C5H10O.C2H6/c1-18-14-10-19-20(16(21)15(14)17)13-8-6-12(7-9-13)11-4-2-3-5-11;1-2-4-6-5-3-1;1-2/h6-11,18H,2-5H2,1H3;1-5H2;1-2H3. The summed E-state index contributed by atoms with van der Waals surface area (Å²) in [6.45, 7) is 6.00. The van der Waals surface area contributed by atoms with Crippen LogP contribution >= 0.6 is 11.6 Å². The first-order valence-electron chi connectivity index (χ1n) is 10.8. The number of aromatic nitrogens is 2. The summed E-state index contributed by atoms with van der Waals surface area (Å²) in [5.41, 5.74) is 2.33. The molecular weight excluding hydrogens is 386 g/mol. The van der Waals surface area contributed by atoms with Gasteiger partial charge in [-0.05, 0) is 55.7 Å². The smallest absolute Gasteiger partial charge is 0.292 e. The molecule has 5 nitrogen and oxygen atoms in total. The number of ether oxygens (including phenoxy) is 1. The molecule has 1 saturated carbocycles. The summed E-state index contributed by atoms with van der Waals surface area (Å²) in [6, 6.07) is 8.08. The van der Waals surface area contributed by atoms with Crippen molar-refractivity contribution in [2.45, 2.75) is 64.7 Å². The van der Waals surface area contributed by atoms with E-state index in [1.165, 1.54) is 55.2 Å². The highest BCUT2D eigenvalue weighted by Gasteiger charge is 2.17. The van der Waals surface area contributed by atoms with Crippen LogP contribution in [0.5, 0.6) is 0 Å². The van der Waals surface area contributed by atoms with Gasteiger partial charge in [0.1, 0.15) is 5.02 Å². The summed E-state index contributed by atoms with van der Waals surface area (Å²) >= 11 is 6.05. The second kappa shape index (κ2) is 12.7. The Morgan fingerprint density at radius 2 is 1.66 bits per heavy atom. The average molecular weight is 420 g/mol. The Labute approximate surface area is 179 Å². The van der Waals surface area contributed by atoms with Crippen LogP contribution in [0.3, 0.4) is 0 Å². The van der Waals surface area contributed by atoms with Crippen LogP contribution in [0.4, 0.5) is 5.69 Å². The Kier molecular flexibility index (Phi) is 10.2. The van der Waals surface area contributed by atoms with Crippen molar-refractivity contribution in [3.05, 3.63) is 51.4 Å². The van der Waals surface area contributed by atoms with Gasteiger partial charge in [0.05, 0.1) is 17.6 Å². The molecule has 0 unspecified atom stereocenters. The molecule has 4 rings (SSSR count). The van der Waals surface area contributed by atoms with Crippen molar-refractivity contribution in [3.8, 4) is 5.69 Å². The third-order valence-electron chi connectivity index (χ3n) is 5.23. The maximum atomic E-state index is 12.2. The van der Waals surface area contributed by atoms with E-state index in [2.05, 4.69) is 22.5 Å². The first-order valence-corrected chi connectivity index (χ1v) is 11.2. The second-order valence-electron chi connectivity index (χ2n) is 7.09. The molecule has 1 aliphatic heterocycles. The van der Waals surface area contributed by atoms with E-state index >= 15 is 0 Å². The van der Waals surface area contributed by atoms with Gasteiger partial charge in [-0.2, -0.15) is 9.78 Å². The van der Waals surface area contributed by atoms with E-state index in [4.69, 9.17) is 16.3 Å². The van der Waals surface area contributed by atoms with Gasteiger partial charge in [-0.15, -0.1) is 0 Å². The molecule has 2 aliphatic rings. The molecule has 0 atom stereocenters. The lowest BCUT2D eigenvalue weighted by atomic mass is 9.98. The molecule has 2 fully saturated rings. The molecule has 1 aromatic carbocycles. The Balaban J connectivity index is 0.000000317. The van der Waals surface area contributed by atoms with Crippen molar-refractivity contribution < 1.29 is 4.74 Å². The lowest BCUT2D eigenvalue weighted by molar-refractivity contribution is 0.0968. The van der Waals surface area contributed by atoms with Crippen LogP contribution in [-0.2, 0) is 4.74 Å². The van der Waals surface area contributed by atoms with Gasteiger partial charge in [-0.25, -0.2) is 0 Å². The SMILES string of the molecule is C1CCOCC1.CC.CNc1cnn(-c2ccc(C3CCCC3)cc2)c(=O)c1Cl. The van der Waals surface area contributed by atoms with Gasteiger partial charge < -0.3 is 10.1 Å². The third kappa shape index (κ3) is 6.58. The van der Waals surface area contributed by atoms with Gasteiger partial charge in [0, 0.05) is 20.3 Å². The van der Waals surface area contributed by atoms with Crippen molar-refractivity contribution >= 4 is 17.3 Å². The Morgan fingerprint density at radius 3 is 2.14 bits per heavy atom. The maximum absolute atomic E-state index is 12.2.